The Labute approximate surface area is 471 Å². The summed E-state index contributed by atoms with van der Waals surface area (Å²) in [7, 11) is 0. The van der Waals surface area contributed by atoms with E-state index in [0.717, 1.165) is 114 Å². The van der Waals surface area contributed by atoms with E-state index >= 15 is 0 Å². The number of nitrogens with one attached hydrogen (secondary N) is 2. The molecule has 4 aromatic rings. The minimum atomic E-state index is -0.579. The molecule has 428 valence electrons. The molecule has 0 spiro atoms. The zero-order valence-electron chi connectivity index (χ0n) is 48.7. The monoisotopic (exact) mass is 1090 g/mol. The second-order valence-corrected chi connectivity index (χ2v) is 20.8. The van der Waals surface area contributed by atoms with E-state index in [1.54, 1.807) is 0 Å². The third kappa shape index (κ3) is 12.7. The molecule has 0 saturated carbocycles. The second kappa shape index (κ2) is 28.4. The minimum Gasteiger partial charge on any atom is -0.497 e. The number of ether oxygens (including phenoxy) is 8. The van der Waals surface area contributed by atoms with Gasteiger partial charge in [-0.05, 0) is 99.9 Å². The van der Waals surface area contributed by atoms with E-state index in [-0.39, 0.29) is 0 Å². The van der Waals surface area contributed by atoms with Gasteiger partial charge in [0.1, 0.15) is 86.3 Å². The van der Waals surface area contributed by atoms with Crippen molar-refractivity contribution < 1.29 is 37.9 Å². The zero-order chi connectivity index (χ0) is 55.8. The number of allylic oxidation sites excluding steroid dienone is 8. The van der Waals surface area contributed by atoms with Crippen LogP contribution < -0.4 is 29.9 Å². The van der Waals surface area contributed by atoms with Crippen molar-refractivity contribution in [3.8, 4) is 45.8 Å². The van der Waals surface area contributed by atoms with Gasteiger partial charge in [0.05, 0.1) is 85.9 Å². The topological polar surface area (TPSA) is 183 Å². The summed E-state index contributed by atoms with van der Waals surface area (Å²) in [5, 5.41) is 1.39. The highest BCUT2D eigenvalue weighted by atomic mass is 16.5. The summed E-state index contributed by atoms with van der Waals surface area (Å²) in [6.07, 6.45) is 22.6. The highest BCUT2D eigenvalue weighted by Crippen LogP contribution is 2.48. The molecule has 16 nitrogen and oxygen atoms in total. The number of hydrogen-bond donors (Lipinski definition) is 2. The quantitative estimate of drug-likeness (QED) is 0.0388. The number of benzene rings is 2. The molecular formula is C64H84N8O8. The molecule has 2 atom stereocenters. The number of fused-ring (bicyclic) bond motifs is 18. The van der Waals surface area contributed by atoms with Crippen molar-refractivity contribution in [2.24, 2.45) is 0 Å². The predicted molar refractivity (Wildman–Crippen MR) is 314 cm³/mol. The predicted octanol–water partition coefficient (Wildman–Crippen LogP) is 13.5. The third-order valence-electron chi connectivity index (χ3n) is 14.6. The molecule has 2 aliphatic carbocycles. The van der Waals surface area contributed by atoms with Crippen molar-refractivity contribution in [2.75, 3.05) is 52.9 Å². The van der Waals surface area contributed by atoms with Crippen LogP contribution in [-0.4, -0.2) is 92.7 Å². The second-order valence-electron chi connectivity index (χ2n) is 20.8. The average Bonchev–Trinajstić information content (AvgIpc) is 4.30. The van der Waals surface area contributed by atoms with E-state index < -0.39 is 11.8 Å². The molecule has 3 aliphatic heterocycles. The van der Waals surface area contributed by atoms with Crippen molar-refractivity contribution in [1.82, 2.24) is 39.9 Å². The number of unbranched alkanes of at least 4 members (excludes halogenated alkanes) is 8. The normalized spacial score (nSPS) is 15.7. The van der Waals surface area contributed by atoms with E-state index in [2.05, 4.69) is 65.4 Å². The fraction of sp³-hybridized carbons (Fsp3) is 0.531. The molecule has 5 aliphatic rings. The molecule has 2 aromatic heterocycles. The summed E-state index contributed by atoms with van der Waals surface area (Å²) >= 11 is 0. The van der Waals surface area contributed by atoms with Crippen molar-refractivity contribution in [3.05, 3.63) is 94.2 Å². The molecule has 0 fully saturated rings. The van der Waals surface area contributed by atoms with Gasteiger partial charge < -0.3 is 47.9 Å². The first-order chi connectivity index (χ1) is 39.4. The standard InChI is InChI=1S/C64H84N8O8/c1-9-17-33-73-41-25-26-42(74-34-18-10-2)50-49(41)57-65-58(50)70-60-53-45(77-37-21-13-5)29-30-46(78-38-22-14-6)54(53)62(67-60)72-64-56-48(80-40-24-16-8)32-31-47(79-39-23-15-7)55(56)63(68-64)71-61-52-44(76-36-20-12-4)28-27-43(75-35-19-11-3)51(52)59(66-61)69-57/h25-32,49,51H,9-24,33-40H2,1-8H3,(H,65,66,69)(H,67,68,70,71,72). The summed E-state index contributed by atoms with van der Waals surface area (Å²) < 4.78 is 53.8. The molecule has 0 saturated heterocycles. The van der Waals surface area contributed by atoms with Gasteiger partial charge in [0.25, 0.3) is 0 Å². The van der Waals surface area contributed by atoms with Crippen LogP contribution in [0.4, 0.5) is 0 Å². The van der Waals surface area contributed by atoms with E-state index in [4.69, 9.17) is 67.8 Å². The lowest BCUT2D eigenvalue weighted by Crippen LogP contribution is -2.19. The highest BCUT2D eigenvalue weighted by Gasteiger charge is 2.40. The number of H-pyrrole nitrogens is 2. The maximum Gasteiger partial charge on any atom is 0.168 e. The van der Waals surface area contributed by atoms with Gasteiger partial charge >= 0.3 is 0 Å². The Morgan fingerprint density at radius 2 is 0.787 bits per heavy atom. The summed E-state index contributed by atoms with van der Waals surface area (Å²) in [6, 6.07) is 7.89. The highest BCUT2D eigenvalue weighted by molar-refractivity contribution is 6.11. The molecule has 16 heteroatoms. The summed E-state index contributed by atoms with van der Waals surface area (Å²) in [5.41, 5.74) is 4.72. The van der Waals surface area contributed by atoms with Crippen LogP contribution in [0, 0.1) is 0 Å². The van der Waals surface area contributed by atoms with Crippen molar-refractivity contribution in [3.63, 3.8) is 0 Å². The van der Waals surface area contributed by atoms with Gasteiger partial charge in [-0.3, -0.25) is 0 Å². The molecule has 5 heterocycles. The number of aromatic amines is 2. The lowest BCUT2D eigenvalue weighted by atomic mass is 9.90. The van der Waals surface area contributed by atoms with Crippen molar-refractivity contribution >= 4 is 33.2 Å². The van der Waals surface area contributed by atoms with Gasteiger partial charge in [-0.15, -0.1) is 0 Å². The third-order valence-corrected chi connectivity index (χ3v) is 14.6. The first-order valence-electron chi connectivity index (χ1n) is 30.2. The van der Waals surface area contributed by atoms with Crippen LogP contribution in [0.3, 0.4) is 0 Å². The number of nitrogens with zero attached hydrogens (tertiary/aromatic N) is 6. The minimum absolute atomic E-state index is 0.380. The fourth-order valence-corrected chi connectivity index (χ4v) is 10.0. The van der Waals surface area contributed by atoms with E-state index in [0.29, 0.717) is 166 Å². The van der Waals surface area contributed by atoms with E-state index in [9.17, 15) is 0 Å². The zero-order valence-corrected chi connectivity index (χ0v) is 48.7. The van der Waals surface area contributed by atoms with Crippen LogP contribution in [-0.2, 0) is 18.9 Å². The SMILES string of the molecule is CCCCOC1=CC=C(OCCCC)C2C1=c1nc2nc2[nH]c(nc3nc(nc4[nH]c(n1)c1c(OCCCC)ccc(OCCCC)c41)-c1c(OCCCC)ccc(OCCCC)c1-3)=C1C(OCCCC)=CC=C(OCCCC)C12. The maximum absolute atomic E-state index is 6.75. The Morgan fingerprint density at radius 1 is 0.375 bits per heavy atom. The largest absolute Gasteiger partial charge is 0.497 e. The van der Waals surface area contributed by atoms with Gasteiger partial charge in [0, 0.05) is 0 Å². The lowest BCUT2D eigenvalue weighted by Gasteiger charge is -2.25. The smallest absolute Gasteiger partial charge is 0.168 e. The summed E-state index contributed by atoms with van der Waals surface area (Å²) in [4.78, 5) is 40.7. The first kappa shape index (κ1) is 57.6. The molecule has 2 aromatic carbocycles. The average molecular weight is 1090 g/mol. The summed E-state index contributed by atoms with van der Waals surface area (Å²) in [5.74, 6) is 5.92. The molecule has 80 heavy (non-hydrogen) atoms. The summed E-state index contributed by atoms with van der Waals surface area (Å²) in [6.45, 7) is 21.3. The van der Waals surface area contributed by atoms with Gasteiger partial charge in [-0.25, -0.2) is 29.9 Å². The molecule has 9 rings (SSSR count). The first-order valence-corrected chi connectivity index (χ1v) is 30.2. The Bertz CT molecular complexity index is 3280. The molecule has 0 radical (unpaired) electrons. The van der Waals surface area contributed by atoms with Gasteiger partial charge in [0.2, 0.25) is 0 Å². The van der Waals surface area contributed by atoms with Crippen LogP contribution >= 0.6 is 0 Å². The molecule has 2 N–H and O–H groups in total. The number of aromatic nitrogens is 8. The van der Waals surface area contributed by atoms with Crippen LogP contribution in [0.1, 0.15) is 182 Å². The van der Waals surface area contributed by atoms with Gasteiger partial charge in [-0.2, -0.15) is 0 Å². The van der Waals surface area contributed by atoms with Crippen LogP contribution in [0.5, 0.6) is 23.0 Å². The molecule has 8 bridgehead atoms. The molecular weight excluding hydrogens is 1010 g/mol. The maximum atomic E-state index is 6.75. The Balaban J connectivity index is 1.47. The number of rotatable bonds is 32. The van der Waals surface area contributed by atoms with Crippen LogP contribution in [0.25, 0.3) is 56.0 Å². The van der Waals surface area contributed by atoms with Crippen molar-refractivity contribution in [1.29, 1.82) is 0 Å². The molecule has 0 amide bonds. The van der Waals surface area contributed by atoms with Gasteiger partial charge in [0.15, 0.2) is 17.1 Å². The fourth-order valence-electron chi connectivity index (χ4n) is 10.0. The Hall–Kier alpha value is -7.10. The Kier molecular flexibility index (Phi) is 20.4. The van der Waals surface area contributed by atoms with Crippen molar-refractivity contribution in [2.45, 2.75) is 170 Å². The number of hydrogen-bond acceptors (Lipinski definition) is 14. The van der Waals surface area contributed by atoms with Gasteiger partial charge in [-0.1, -0.05) is 107 Å². The van der Waals surface area contributed by atoms with E-state index in [1.807, 2.05) is 48.6 Å². The van der Waals surface area contributed by atoms with Crippen LogP contribution in [0.15, 0.2) is 71.6 Å². The van der Waals surface area contributed by atoms with E-state index in [1.165, 1.54) is 0 Å². The molecule has 2 unspecified atom stereocenters. The van der Waals surface area contributed by atoms with Crippen LogP contribution in [0.2, 0.25) is 0 Å². The Morgan fingerprint density at radius 3 is 1.29 bits per heavy atom. The lowest BCUT2D eigenvalue weighted by molar-refractivity contribution is 0.186.